The van der Waals surface area contributed by atoms with Crippen LogP contribution in [0.5, 0.6) is 0 Å². The van der Waals surface area contributed by atoms with Crippen LogP contribution < -0.4 is 10.6 Å². The van der Waals surface area contributed by atoms with Gasteiger partial charge in [-0.15, -0.1) is 23.1 Å². The average molecular weight is 404 g/mol. The number of aromatic nitrogens is 1. The Bertz CT molecular complexity index is 1150. The summed E-state index contributed by atoms with van der Waals surface area (Å²) in [6.07, 6.45) is 0. The number of thioether (sulfide) groups is 1. The predicted octanol–water partition coefficient (Wildman–Crippen LogP) is 4.61. The van der Waals surface area contributed by atoms with Crippen LogP contribution in [0.2, 0.25) is 0 Å². The molecular weight excluding hydrogens is 384 g/mol. The van der Waals surface area contributed by atoms with Gasteiger partial charge in [0.25, 0.3) is 0 Å². The molecule has 4 aromatic rings. The molecule has 6 heteroatoms. The van der Waals surface area contributed by atoms with Crippen molar-refractivity contribution < 1.29 is 5.32 Å². The fourth-order valence-electron chi connectivity index (χ4n) is 3.34. The molecule has 2 aromatic heterocycles. The molecule has 2 aromatic carbocycles. The van der Waals surface area contributed by atoms with E-state index < -0.39 is 0 Å². The van der Waals surface area contributed by atoms with Crippen LogP contribution in [0.3, 0.4) is 0 Å². The molecule has 0 amide bonds. The van der Waals surface area contributed by atoms with Gasteiger partial charge in [0.2, 0.25) is 5.84 Å². The molecule has 3 N–H and O–H groups in total. The minimum atomic E-state index is 0.603. The minimum absolute atomic E-state index is 0.603. The van der Waals surface area contributed by atoms with Crippen LogP contribution in [0, 0.1) is 0 Å². The number of nitrogens with zero attached hydrogens (tertiary/aromatic N) is 2. The summed E-state index contributed by atoms with van der Waals surface area (Å²) in [4.78, 5) is 10.9. The Morgan fingerprint density at radius 3 is 2.86 bits per heavy atom. The maximum absolute atomic E-state index is 4.87. The lowest BCUT2D eigenvalue weighted by molar-refractivity contribution is -0.441. The van der Waals surface area contributed by atoms with Crippen molar-refractivity contribution in [2.24, 2.45) is 4.99 Å². The highest BCUT2D eigenvalue weighted by Crippen LogP contribution is 2.29. The third-order valence-electron chi connectivity index (χ3n) is 4.68. The predicted molar refractivity (Wildman–Crippen MR) is 119 cm³/mol. The van der Waals surface area contributed by atoms with E-state index in [0.29, 0.717) is 6.67 Å². The Morgan fingerprint density at radius 1 is 1.04 bits per heavy atom. The zero-order valence-electron chi connectivity index (χ0n) is 15.1. The Morgan fingerprint density at radius 2 is 1.93 bits per heavy atom. The maximum Gasteiger partial charge on any atom is 0.236 e. The number of thiophene rings is 1. The van der Waals surface area contributed by atoms with Crippen molar-refractivity contribution in [2.45, 2.75) is 10.8 Å². The molecule has 0 saturated carbocycles. The summed E-state index contributed by atoms with van der Waals surface area (Å²) >= 11 is 3.57. The molecule has 0 radical (unpaired) electrons. The van der Waals surface area contributed by atoms with Gasteiger partial charge in [-0.1, -0.05) is 30.3 Å². The molecule has 0 fully saturated rings. The molecule has 28 heavy (non-hydrogen) atoms. The first kappa shape index (κ1) is 17.4. The summed E-state index contributed by atoms with van der Waals surface area (Å²) in [5.74, 6) is 1.95. The quantitative estimate of drug-likeness (QED) is 0.489. The number of para-hydroxylation sites is 2. The first-order valence-corrected chi connectivity index (χ1v) is 11.0. The number of hydrogen-bond donors (Lipinski definition) is 2. The van der Waals surface area contributed by atoms with Gasteiger partial charge in [0.1, 0.15) is 17.4 Å². The van der Waals surface area contributed by atoms with Gasteiger partial charge < -0.3 is 5.32 Å². The van der Waals surface area contributed by atoms with Gasteiger partial charge in [-0.2, -0.15) is 0 Å². The monoisotopic (exact) mass is 403 g/mol. The SMILES string of the molecule is c1csc(CSc2cc([NH2+]C3=NCNc4ccccc43)c3ccccc3n2)c1. The van der Waals surface area contributed by atoms with Crippen LogP contribution in [0.1, 0.15) is 10.4 Å². The van der Waals surface area contributed by atoms with Crippen molar-refractivity contribution in [1.29, 1.82) is 0 Å². The van der Waals surface area contributed by atoms with Crippen molar-refractivity contribution in [3.8, 4) is 0 Å². The first-order valence-electron chi connectivity index (χ1n) is 9.14. The standard InChI is InChI=1S/C22H18N4S2/c1-4-10-19-16(7-1)20(12-21(25-19)28-13-15-6-5-11-27-15)26-22-17-8-2-3-9-18(17)23-14-24-22/h1-12,23H,13-14H2,(H,24,25,26)/p+1. The molecule has 0 atom stereocenters. The molecule has 4 nitrogen and oxygen atoms in total. The van der Waals surface area contributed by atoms with E-state index >= 15 is 0 Å². The summed E-state index contributed by atoms with van der Waals surface area (Å²) in [7, 11) is 0. The molecule has 1 aliphatic rings. The van der Waals surface area contributed by atoms with Crippen LogP contribution in [0.25, 0.3) is 10.9 Å². The molecule has 1 aliphatic heterocycles. The van der Waals surface area contributed by atoms with E-state index in [-0.39, 0.29) is 0 Å². The van der Waals surface area contributed by atoms with Gasteiger partial charge in [-0.05, 0) is 35.7 Å². The van der Waals surface area contributed by atoms with Crippen molar-refractivity contribution in [3.63, 3.8) is 0 Å². The third-order valence-corrected chi connectivity index (χ3v) is 6.70. The van der Waals surface area contributed by atoms with E-state index in [4.69, 9.17) is 9.98 Å². The minimum Gasteiger partial charge on any atom is -0.365 e. The largest absolute Gasteiger partial charge is 0.365 e. The second-order valence-electron chi connectivity index (χ2n) is 6.50. The lowest BCUT2D eigenvalue weighted by Crippen LogP contribution is -2.83. The second kappa shape index (κ2) is 7.75. The van der Waals surface area contributed by atoms with Crippen LogP contribution >= 0.6 is 23.1 Å². The summed E-state index contributed by atoms with van der Waals surface area (Å²) in [5, 5.41) is 9.85. The average Bonchev–Trinajstić information content (AvgIpc) is 3.26. The van der Waals surface area contributed by atoms with E-state index in [2.05, 4.69) is 76.7 Å². The molecule has 5 rings (SSSR count). The van der Waals surface area contributed by atoms with Crippen molar-refractivity contribution >= 4 is 51.2 Å². The highest BCUT2D eigenvalue weighted by molar-refractivity contribution is 7.98. The second-order valence-corrected chi connectivity index (χ2v) is 8.53. The number of nitrogens with one attached hydrogen (secondary N) is 1. The molecule has 0 saturated heterocycles. The lowest BCUT2D eigenvalue weighted by Gasteiger charge is -2.16. The van der Waals surface area contributed by atoms with Gasteiger partial charge >= 0.3 is 0 Å². The first-order chi connectivity index (χ1) is 13.9. The highest BCUT2D eigenvalue weighted by Gasteiger charge is 2.19. The fourth-order valence-corrected chi connectivity index (χ4v) is 5.03. The zero-order valence-corrected chi connectivity index (χ0v) is 16.8. The van der Waals surface area contributed by atoms with Crippen molar-refractivity contribution in [1.82, 2.24) is 4.98 Å². The number of rotatable bonds is 4. The van der Waals surface area contributed by atoms with Crippen LogP contribution in [0.15, 0.2) is 82.1 Å². The number of nitrogens with two attached hydrogens (primary N) is 1. The lowest BCUT2D eigenvalue weighted by atomic mass is 10.1. The molecule has 0 spiro atoms. The van der Waals surface area contributed by atoms with Gasteiger partial charge in [0.15, 0.2) is 0 Å². The number of fused-ring (bicyclic) bond motifs is 2. The van der Waals surface area contributed by atoms with E-state index in [1.165, 1.54) is 4.88 Å². The highest BCUT2D eigenvalue weighted by atomic mass is 32.2. The van der Waals surface area contributed by atoms with Crippen LogP contribution in [-0.2, 0) is 5.75 Å². The summed E-state index contributed by atoms with van der Waals surface area (Å²) in [5.41, 5.74) is 4.46. The molecule has 0 aliphatic carbocycles. The number of hydrogen-bond acceptors (Lipinski definition) is 5. The van der Waals surface area contributed by atoms with Crippen LogP contribution in [-0.4, -0.2) is 17.5 Å². The normalized spacial score (nSPS) is 13.1. The Kier molecular flexibility index (Phi) is 4.83. The molecule has 3 heterocycles. The van der Waals surface area contributed by atoms with E-state index in [1.54, 1.807) is 23.1 Å². The summed E-state index contributed by atoms with van der Waals surface area (Å²) in [6.45, 7) is 0.603. The number of amidine groups is 1. The fraction of sp³-hybridized carbons (Fsp3) is 0.0909. The number of pyridine rings is 1. The summed E-state index contributed by atoms with van der Waals surface area (Å²) < 4.78 is 0. The number of aliphatic imine (C=N–C) groups is 1. The number of anilines is 1. The topological polar surface area (TPSA) is 53.9 Å². The number of quaternary nitrogens is 1. The van der Waals surface area contributed by atoms with Gasteiger partial charge in [-0.3, -0.25) is 5.32 Å². The number of benzene rings is 2. The Balaban J connectivity index is 1.50. The van der Waals surface area contributed by atoms with Gasteiger partial charge in [0, 0.05) is 16.7 Å². The molecule has 0 bridgehead atoms. The molecular formula is C22H19N4S2+. The third kappa shape index (κ3) is 3.54. The van der Waals surface area contributed by atoms with Gasteiger partial charge in [-0.25, -0.2) is 9.98 Å². The van der Waals surface area contributed by atoms with Crippen LogP contribution in [0.4, 0.5) is 11.4 Å². The molecule has 0 unspecified atom stereocenters. The summed E-state index contributed by atoms with van der Waals surface area (Å²) in [6, 6.07) is 23.1. The smallest absolute Gasteiger partial charge is 0.236 e. The van der Waals surface area contributed by atoms with Crippen molar-refractivity contribution in [3.05, 3.63) is 82.6 Å². The van der Waals surface area contributed by atoms with E-state index in [9.17, 15) is 0 Å². The Hall–Kier alpha value is -2.67. The van der Waals surface area contributed by atoms with Gasteiger partial charge in [0.05, 0.1) is 22.2 Å². The zero-order chi connectivity index (χ0) is 18.8. The Labute approximate surface area is 171 Å². The van der Waals surface area contributed by atoms with E-state index in [0.717, 1.165) is 44.5 Å². The molecule has 138 valence electrons. The van der Waals surface area contributed by atoms with Crippen molar-refractivity contribution in [2.75, 3.05) is 12.0 Å². The maximum atomic E-state index is 4.87. The van der Waals surface area contributed by atoms with E-state index in [1.807, 2.05) is 6.07 Å².